The number of halogens is 1. The van der Waals surface area contributed by atoms with Crippen LogP contribution < -0.4 is 15.2 Å². The van der Waals surface area contributed by atoms with Gasteiger partial charge >= 0.3 is 0 Å². The zero-order chi connectivity index (χ0) is 13.1. The van der Waals surface area contributed by atoms with Crippen molar-refractivity contribution in [3.05, 3.63) is 29.0 Å². The first-order valence-electron chi connectivity index (χ1n) is 5.22. The third kappa shape index (κ3) is 2.25. The predicted octanol–water partition coefficient (Wildman–Crippen LogP) is 1.40. The van der Waals surface area contributed by atoms with Crippen molar-refractivity contribution in [3.63, 3.8) is 0 Å². The van der Waals surface area contributed by atoms with Crippen LogP contribution in [0.25, 0.3) is 5.69 Å². The molecule has 0 aliphatic carbocycles. The van der Waals surface area contributed by atoms with Gasteiger partial charge in [0.15, 0.2) is 0 Å². The molecule has 0 spiro atoms. The van der Waals surface area contributed by atoms with Crippen LogP contribution in [-0.2, 0) is 6.54 Å². The number of hydrogen-bond donors (Lipinski definition) is 1. The van der Waals surface area contributed by atoms with Crippen LogP contribution in [0.3, 0.4) is 0 Å². The Labute approximate surface area is 109 Å². The minimum Gasteiger partial charge on any atom is -0.495 e. The summed E-state index contributed by atoms with van der Waals surface area (Å²) in [5.41, 5.74) is 6.87. The van der Waals surface area contributed by atoms with Gasteiger partial charge in [0.25, 0.3) is 0 Å². The number of methoxy groups -OCH3 is 2. The lowest BCUT2D eigenvalue weighted by Gasteiger charge is -2.11. The van der Waals surface area contributed by atoms with E-state index in [1.165, 1.54) is 0 Å². The molecule has 1 heterocycles. The van der Waals surface area contributed by atoms with Gasteiger partial charge in [-0.1, -0.05) is 16.8 Å². The Morgan fingerprint density at radius 1 is 1.28 bits per heavy atom. The van der Waals surface area contributed by atoms with Crippen molar-refractivity contribution in [1.29, 1.82) is 0 Å². The van der Waals surface area contributed by atoms with Crippen LogP contribution in [0, 0.1) is 0 Å². The van der Waals surface area contributed by atoms with Crippen molar-refractivity contribution >= 4 is 11.6 Å². The Hall–Kier alpha value is -1.79. The first-order chi connectivity index (χ1) is 8.69. The first kappa shape index (κ1) is 12.7. The van der Waals surface area contributed by atoms with E-state index in [1.54, 1.807) is 37.2 Å². The molecule has 0 aliphatic heterocycles. The first-order valence-corrected chi connectivity index (χ1v) is 5.60. The molecule has 0 saturated carbocycles. The predicted molar refractivity (Wildman–Crippen MR) is 67.4 cm³/mol. The standard InChI is InChI=1S/C11H13ClN4O2/c1-17-10-4-9(11(18-2)3-8(10)12)16-6-7(5-13)14-15-16/h3-4,6H,5,13H2,1-2H3. The second kappa shape index (κ2) is 5.24. The van der Waals surface area contributed by atoms with Gasteiger partial charge in [0, 0.05) is 18.7 Å². The van der Waals surface area contributed by atoms with E-state index in [0.717, 1.165) is 0 Å². The SMILES string of the molecule is COc1cc(-n2cc(CN)nn2)c(OC)cc1Cl. The van der Waals surface area contributed by atoms with Gasteiger partial charge in [0.2, 0.25) is 0 Å². The molecule has 0 amide bonds. The Morgan fingerprint density at radius 2 is 2.00 bits per heavy atom. The normalized spacial score (nSPS) is 10.4. The molecule has 0 aliphatic rings. The lowest BCUT2D eigenvalue weighted by Crippen LogP contribution is -2.00. The molecular formula is C11H13ClN4O2. The third-order valence-electron chi connectivity index (χ3n) is 2.45. The fourth-order valence-electron chi connectivity index (χ4n) is 1.53. The summed E-state index contributed by atoms with van der Waals surface area (Å²) in [5, 5.41) is 8.37. The van der Waals surface area contributed by atoms with Crippen LogP contribution in [0.5, 0.6) is 11.5 Å². The number of nitrogens with zero attached hydrogens (tertiary/aromatic N) is 3. The number of hydrogen-bond acceptors (Lipinski definition) is 5. The van der Waals surface area contributed by atoms with Crippen LogP contribution in [0.1, 0.15) is 5.69 Å². The molecule has 0 fully saturated rings. The van der Waals surface area contributed by atoms with Crippen molar-refractivity contribution in [3.8, 4) is 17.2 Å². The summed E-state index contributed by atoms with van der Waals surface area (Å²) in [6.07, 6.45) is 1.73. The topological polar surface area (TPSA) is 75.2 Å². The van der Waals surface area contributed by atoms with E-state index in [4.69, 9.17) is 26.8 Å². The summed E-state index contributed by atoms with van der Waals surface area (Å²) in [5.74, 6) is 1.12. The van der Waals surface area contributed by atoms with E-state index in [-0.39, 0.29) is 0 Å². The second-order valence-corrected chi connectivity index (χ2v) is 3.92. The van der Waals surface area contributed by atoms with E-state index in [1.807, 2.05) is 0 Å². The molecule has 2 aromatic rings. The molecule has 7 heteroatoms. The van der Waals surface area contributed by atoms with Gasteiger partial charge in [-0.15, -0.1) is 5.10 Å². The minimum absolute atomic E-state index is 0.326. The van der Waals surface area contributed by atoms with Gasteiger partial charge in [-0.05, 0) is 0 Å². The highest BCUT2D eigenvalue weighted by Crippen LogP contribution is 2.34. The molecule has 0 saturated heterocycles. The number of aromatic nitrogens is 3. The van der Waals surface area contributed by atoms with E-state index < -0.39 is 0 Å². The maximum absolute atomic E-state index is 6.03. The average Bonchev–Trinajstić information content (AvgIpc) is 2.87. The number of rotatable bonds is 4. The van der Waals surface area contributed by atoms with Crippen LogP contribution >= 0.6 is 11.6 Å². The van der Waals surface area contributed by atoms with E-state index in [0.29, 0.717) is 34.4 Å². The molecule has 0 unspecified atom stereocenters. The lowest BCUT2D eigenvalue weighted by molar-refractivity contribution is 0.400. The largest absolute Gasteiger partial charge is 0.495 e. The van der Waals surface area contributed by atoms with Gasteiger partial charge < -0.3 is 15.2 Å². The van der Waals surface area contributed by atoms with Crippen LogP contribution in [-0.4, -0.2) is 29.2 Å². The molecule has 1 aromatic heterocycles. The molecule has 2 N–H and O–H groups in total. The van der Waals surface area contributed by atoms with Gasteiger partial charge in [-0.3, -0.25) is 0 Å². The molecule has 6 nitrogen and oxygen atoms in total. The molecule has 96 valence electrons. The Balaban J connectivity index is 2.54. The van der Waals surface area contributed by atoms with Crippen molar-refractivity contribution in [2.45, 2.75) is 6.54 Å². The Morgan fingerprint density at radius 3 is 2.56 bits per heavy atom. The number of benzene rings is 1. The fraction of sp³-hybridized carbons (Fsp3) is 0.273. The monoisotopic (exact) mass is 268 g/mol. The summed E-state index contributed by atoms with van der Waals surface area (Å²) in [6.45, 7) is 0.326. The highest BCUT2D eigenvalue weighted by molar-refractivity contribution is 6.32. The van der Waals surface area contributed by atoms with E-state index >= 15 is 0 Å². The minimum atomic E-state index is 0.326. The molecular weight excluding hydrogens is 256 g/mol. The molecule has 0 bridgehead atoms. The quantitative estimate of drug-likeness (QED) is 0.907. The highest BCUT2D eigenvalue weighted by atomic mass is 35.5. The maximum Gasteiger partial charge on any atom is 0.146 e. The van der Waals surface area contributed by atoms with E-state index in [2.05, 4.69) is 10.3 Å². The molecule has 18 heavy (non-hydrogen) atoms. The van der Waals surface area contributed by atoms with Crippen molar-refractivity contribution < 1.29 is 9.47 Å². The Bertz CT molecular complexity index is 556. The van der Waals surface area contributed by atoms with Crippen molar-refractivity contribution in [1.82, 2.24) is 15.0 Å². The smallest absolute Gasteiger partial charge is 0.146 e. The zero-order valence-corrected chi connectivity index (χ0v) is 10.8. The average molecular weight is 269 g/mol. The molecule has 0 radical (unpaired) electrons. The Kier molecular flexibility index (Phi) is 3.69. The molecule has 1 aromatic carbocycles. The molecule has 0 atom stereocenters. The highest BCUT2D eigenvalue weighted by Gasteiger charge is 2.13. The zero-order valence-electron chi connectivity index (χ0n) is 10.1. The van der Waals surface area contributed by atoms with Crippen LogP contribution in [0.15, 0.2) is 18.3 Å². The lowest BCUT2D eigenvalue weighted by atomic mass is 10.2. The third-order valence-corrected chi connectivity index (χ3v) is 2.75. The van der Waals surface area contributed by atoms with Crippen molar-refractivity contribution in [2.24, 2.45) is 5.73 Å². The summed E-state index contributed by atoms with van der Waals surface area (Å²) in [7, 11) is 3.10. The number of nitrogens with two attached hydrogens (primary N) is 1. The van der Waals surface area contributed by atoms with Crippen LogP contribution in [0.4, 0.5) is 0 Å². The van der Waals surface area contributed by atoms with Gasteiger partial charge in [0.1, 0.15) is 17.2 Å². The second-order valence-electron chi connectivity index (χ2n) is 3.52. The fourth-order valence-corrected chi connectivity index (χ4v) is 1.76. The molecule has 2 rings (SSSR count). The van der Waals surface area contributed by atoms with Crippen LogP contribution in [0.2, 0.25) is 5.02 Å². The van der Waals surface area contributed by atoms with Gasteiger partial charge in [-0.2, -0.15) is 0 Å². The number of ether oxygens (including phenoxy) is 2. The maximum atomic E-state index is 6.03. The summed E-state index contributed by atoms with van der Waals surface area (Å²) in [4.78, 5) is 0. The summed E-state index contributed by atoms with van der Waals surface area (Å²) < 4.78 is 12.0. The summed E-state index contributed by atoms with van der Waals surface area (Å²) in [6, 6.07) is 3.40. The van der Waals surface area contributed by atoms with Crippen molar-refractivity contribution in [2.75, 3.05) is 14.2 Å². The van der Waals surface area contributed by atoms with Gasteiger partial charge in [-0.25, -0.2) is 4.68 Å². The van der Waals surface area contributed by atoms with Gasteiger partial charge in [0.05, 0.1) is 31.1 Å². The summed E-state index contributed by atoms with van der Waals surface area (Å²) >= 11 is 6.03. The van der Waals surface area contributed by atoms with E-state index in [9.17, 15) is 0 Å².